The number of aliphatic hydroxyl groups is 1. The Hall–Kier alpha value is -1.93. The van der Waals surface area contributed by atoms with Gasteiger partial charge in [-0.2, -0.15) is 17.6 Å². The number of hydrogen-bond donors (Lipinski definition) is 2. The van der Waals surface area contributed by atoms with Gasteiger partial charge >= 0.3 is 6.18 Å². The average molecular weight is 404 g/mol. The lowest BCUT2D eigenvalue weighted by Gasteiger charge is -2.34. The van der Waals surface area contributed by atoms with Crippen LogP contribution >= 0.6 is 11.6 Å². The summed E-state index contributed by atoms with van der Waals surface area (Å²) in [5, 5.41) is 13.5. The molecule has 3 rings (SSSR count). The van der Waals surface area contributed by atoms with E-state index in [9.17, 15) is 22.7 Å². The minimum absolute atomic E-state index is 0.0231. The van der Waals surface area contributed by atoms with Gasteiger partial charge < -0.3 is 10.4 Å². The first-order chi connectivity index (χ1) is 12.5. The molecule has 9 heteroatoms. The van der Waals surface area contributed by atoms with E-state index in [0.717, 1.165) is 6.07 Å². The minimum Gasteiger partial charge on any atom is -0.390 e. The van der Waals surface area contributed by atoms with Crippen molar-refractivity contribution in [1.82, 2.24) is 9.97 Å². The fraction of sp³-hybridized carbons (Fsp3) is 0.444. The fourth-order valence-corrected chi connectivity index (χ4v) is 3.31. The van der Waals surface area contributed by atoms with Crippen LogP contribution in [-0.4, -0.2) is 26.7 Å². The van der Waals surface area contributed by atoms with Crippen LogP contribution in [0.25, 0.3) is 11.3 Å². The van der Waals surface area contributed by atoms with Crippen molar-refractivity contribution >= 4 is 17.3 Å². The highest BCUT2D eigenvalue weighted by molar-refractivity contribution is 6.29. The topological polar surface area (TPSA) is 58.0 Å². The number of alkyl halides is 3. The molecule has 0 bridgehead atoms. The number of anilines is 1. The summed E-state index contributed by atoms with van der Waals surface area (Å²) in [6.07, 6.45) is -0.813. The number of pyridine rings is 2. The maximum atomic E-state index is 13.9. The van der Waals surface area contributed by atoms with Gasteiger partial charge in [0.05, 0.1) is 11.3 Å². The second-order valence-corrected chi connectivity index (χ2v) is 7.39. The number of aromatic nitrogens is 2. The molecule has 0 aromatic carbocycles. The summed E-state index contributed by atoms with van der Waals surface area (Å²) in [4.78, 5) is 7.40. The Labute approximate surface area is 158 Å². The fourth-order valence-electron chi connectivity index (χ4n) is 3.15. The highest BCUT2D eigenvalue weighted by Gasteiger charge is 2.35. The molecule has 27 heavy (non-hydrogen) atoms. The van der Waals surface area contributed by atoms with Gasteiger partial charge in [-0.05, 0) is 50.8 Å². The maximum absolute atomic E-state index is 13.9. The normalized spacial score (nSPS) is 23.3. The van der Waals surface area contributed by atoms with Gasteiger partial charge in [-0.25, -0.2) is 9.97 Å². The van der Waals surface area contributed by atoms with E-state index in [0.29, 0.717) is 43.0 Å². The number of hydrogen-bond acceptors (Lipinski definition) is 4. The molecule has 1 aliphatic carbocycles. The molecule has 2 N–H and O–H groups in total. The lowest BCUT2D eigenvalue weighted by molar-refractivity contribution is -0.140. The summed E-state index contributed by atoms with van der Waals surface area (Å²) < 4.78 is 52.1. The highest BCUT2D eigenvalue weighted by Crippen LogP contribution is 2.35. The van der Waals surface area contributed by atoms with Gasteiger partial charge in [-0.15, -0.1) is 0 Å². The number of nitrogens with one attached hydrogen (secondary N) is 1. The van der Waals surface area contributed by atoms with Crippen LogP contribution in [0.4, 0.5) is 23.2 Å². The molecule has 2 aromatic rings. The molecule has 0 saturated heterocycles. The van der Waals surface area contributed by atoms with Crippen molar-refractivity contribution in [3.8, 4) is 11.3 Å². The van der Waals surface area contributed by atoms with E-state index in [2.05, 4.69) is 15.3 Å². The van der Waals surface area contributed by atoms with Crippen molar-refractivity contribution in [2.24, 2.45) is 0 Å². The predicted octanol–water partition coefficient (Wildman–Crippen LogP) is 5.06. The van der Waals surface area contributed by atoms with Crippen molar-refractivity contribution in [1.29, 1.82) is 0 Å². The zero-order chi connectivity index (χ0) is 19.8. The molecule has 1 aliphatic rings. The molecule has 0 unspecified atom stereocenters. The predicted molar refractivity (Wildman–Crippen MR) is 93.9 cm³/mol. The van der Waals surface area contributed by atoms with Crippen LogP contribution < -0.4 is 5.32 Å². The standard InChI is InChI=1S/C18H18ClF4N3O/c1-17(27)6-4-10(5-7-17)25-14-8-15(19)24-9-11(14)13-3-2-12(16(20)26-13)18(21,22)23/h2-3,8-10,27H,4-7H2,1H3,(H,24,25). The van der Waals surface area contributed by atoms with Crippen LogP contribution in [0, 0.1) is 5.95 Å². The minimum atomic E-state index is -4.81. The van der Waals surface area contributed by atoms with E-state index in [1.807, 2.05) is 0 Å². The van der Waals surface area contributed by atoms with Gasteiger partial charge in [0.1, 0.15) is 10.7 Å². The number of halogens is 5. The van der Waals surface area contributed by atoms with Crippen LogP contribution in [0.2, 0.25) is 5.15 Å². The molecule has 2 heterocycles. The molecule has 0 aliphatic heterocycles. The third kappa shape index (κ3) is 4.68. The lowest BCUT2D eigenvalue weighted by Crippen LogP contribution is -2.35. The van der Waals surface area contributed by atoms with Gasteiger partial charge in [0.2, 0.25) is 5.95 Å². The third-order valence-corrected chi connectivity index (χ3v) is 4.93. The molecule has 0 radical (unpaired) electrons. The van der Waals surface area contributed by atoms with Crippen LogP contribution in [0.3, 0.4) is 0 Å². The maximum Gasteiger partial charge on any atom is 0.420 e. The molecule has 0 spiro atoms. The van der Waals surface area contributed by atoms with E-state index >= 15 is 0 Å². The Bertz CT molecular complexity index is 832. The third-order valence-electron chi connectivity index (χ3n) is 4.72. The first-order valence-corrected chi connectivity index (χ1v) is 8.81. The van der Waals surface area contributed by atoms with Crippen molar-refractivity contribution in [2.45, 2.75) is 50.4 Å². The SMILES string of the molecule is CC1(O)CCC(Nc2cc(Cl)ncc2-c2ccc(C(F)(F)F)c(F)n2)CC1. The molecule has 1 fully saturated rings. The zero-order valence-corrected chi connectivity index (χ0v) is 15.2. The first-order valence-electron chi connectivity index (χ1n) is 8.44. The van der Waals surface area contributed by atoms with E-state index in [1.54, 1.807) is 6.92 Å². The molecule has 2 aromatic heterocycles. The second kappa shape index (κ2) is 7.24. The zero-order valence-electron chi connectivity index (χ0n) is 14.4. The largest absolute Gasteiger partial charge is 0.420 e. The summed E-state index contributed by atoms with van der Waals surface area (Å²) in [6, 6.07) is 3.34. The first kappa shape index (κ1) is 19.8. The van der Waals surface area contributed by atoms with E-state index < -0.39 is 23.3 Å². The Morgan fingerprint density at radius 2 is 1.93 bits per heavy atom. The van der Waals surface area contributed by atoms with Crippen molar-refractivity contribution in [3.05, 3.63) is 41.1 Å². The van der Waals surface area contributed by atoms with Gasteiger partial charge in [0.15, 0.2) is 0 Å². The van der Waals surface area contributed by atoms with Gasteiger partial charge in [-0.3, -0.25) is 0 Å². The van der Waals surface area contributed by atoms with Crippen molar-refractivity contribution in [2.75, 3.05) is 5.32 Å². The van der Waals surface area contributed by atoms with Crippen molar-refractivity contribution in [3.63, 3.8) is 0 Å². The van der Waals surface area contributed by atoms with E-state index in [4.69, 9.17) is 11.6 Å². The number of nitrogens with zero attached hydrogens (tertiary/aromatic N) is 2. The monoisotopic (exact) mass is 403 g/mol. The smallest absolute Gasteiger partial charge is 0.390 e. The second-order valence-electron chi connectivity index (χ2n) is 7.00. The van der Waals surface area contributed by atoms with Crippen molar-refractivity contribution < 1.29 is 22.7 Å². The average Bonchev–Trinajstić information content (AvgIpc) is 2.56. The molecular formula is C18H18ClF4N3O. The Morgan fingerprint density at radius 3 is 2.52 bits per heavy atom. The Kier molecular flexibility index (Phi) is 5.31. The molecule has 4 nitrogen and oxygen atoms in total. The van der Waals surface area contributed by atoms with Crippen LogP contribution in [0.1, 0.15) is 38.2 Å². The summed E-state index contributed by atoms with van der Waals surface area (Å²) in [5.41, 5.74) is -1.24. The van der Waals surface area contributed by atoms with Crippen LogP contribution in [-0.2, 0) is 6.18 Å². The Balaban J connectivity index is 1.90. The molecule has 146 valence electrons. The lowest BCUT2D eigenvalue weighted by atomic mass is 9.83. The van der Waals surface area contributed by atoms with Gasteiger partial charge in [0.25, 0.3) is 0 Å². The highest BCUT2D eigenvalue weighted by atomic mass is 35.5. The molecular weight excluding hydrogens is 386 g/mol. The van der Waals surface area contributed by atoms with Gasteiger partial charge in [-0.1, -0.05) is 11.6 Å². The molecule has 1 saturated carbocycles. The van der Waals surface area contributed by atoms with E-state index in [-0.39, 0.29) is 16.9 Å². The van der Waals surface area contributed by atoms with E-state index in [1.165, 1.54) is 12.3 Å². The number of rotatable bonds is 3. The van der Waals surface area contributed by atoms with Crippen LogP contribution in [0.5, 0.6) is 0 Å². The molecule has 0 atom stereocenters. The van der Waals surface area contributed by atoms with Gasteiger partial charge in [0, 0.05) is 23.5 Å². The summed E-state index contributed by atoms with van der Waals surface area (Å²) in [7, 11) is 0. The van der Waals surface area contributed by atoms with Crippen LogP contribution in [0.15, 0.2) is 24.4 Å². The Morgan fingerprint density at radius 1 is 1.26 bits per heavy atom. The quantitative estimate of drug-likeness (QED) is 0.555. The summed E-state index contributed by atoms with van der Waals surface area (Å²) in [6.45, 7) is 1.78. The summed E-state index contributed by atoms with van der Waals surface area (Å²) in [5.74, 6) is -1.59. The summed E-state index contributed by atoms with van der Waals surface area (Å²) >= 11 is 5.95. The molecule has 0 amide bonds.